The molecule has 0 unspecified atom stereocenters. The van der Waals surface area contributed by atoms with Crippen molar-refractivity contribution < 1.29 is 26.1 Å². The van der Waals surface area contributed by atoms with E-state index in [2.05, 4.69) is 0 Å². The molecule has 0 aromatic heterocycles. The Kier molecular flexibility index (Phi) is 27.1. The van der Waals surface area contributed by atoms with Crippen LogP contribution in [-0.4, -0.2) is 101 Å². The predicted molar refractivity (Wildman–Crippen MR) is 38.1 cm³/mol. The molecule has 0 fully saturated rings. The smallest absolute Gasteiger partial charge is 1.00 e. The summed E-state index contributed by atoms with van der Waals surface area (Å²) in [5.41, 5.74) is 0. The van der Waals surface area contributed by atoms with Crippen molar-refractivity contribution in [3.63, 3.8) is 0 Å². The van der Waals surface area contributed by atoms with Gasteiger partial charge in [0.1, 0.15) is 0 Å². The molecular formula is H8CaMg2O4S. The standard InChI is InChI=1S/Ca.2Mg.H2O4S.6H/c;;;1-5(2,3)4;;;;;;/h;;;(H2,1,2,3,4);;;;;;/q3*+2;;6*-1. The van der Waals surface area contributed by atoms with Gasteiger partial charge >= 0.3 is 94.2 Å². The van der Waals surface area contributed by atoms with Crippen molar-refractivity contribution in [3.05, 3.63) is 0 Å². The largest absolute Gasteiger partial charge is 2.00 e. The first-order valence-corrected chi connectivity index (χ1v) is 2.10. The molecule has 0 heterocycles. The molecule has 0 bridgehead atoms. The van der Waals surface area contributed by atoms with Crippen LogP contribution in [0.3, 0.4) is 0 Å². The molecule has 0 saturated heterocycles. The average molecular weight is 193 g/mol. The van der Waals surface area contributed by atoms with Gasteiger partial charge < -0.3 is 8.56 Å². The second kappa shape index (κ2) is 9.66. The Labute approximate surface area is 119 Å². The minimum absolute atomic E-state index is 0. The van der Waals surface area contributed by atoms with Crippen LogP contribution in [0.4, 0.5) is 0 Å². The summed E-state index contributed by atoms with van der Waals surface area (Å²) in [4.78, 5) is 0. The van der Waals surface area contributed by atoms with E-state index in [1.807, 2.05) is 0 Å². The van der Waals surface area contributed by atoms with Crippen LogP contribution in [0.5, 0.6) is 0 Å². The van der Waals surface area contributed by atoms with Crippen LogP contribution in [0.2, 0.25) is 0 Å². The predicted octanol–water partition coefficient (Wildman–Crippen LogP) is -1.12. The van der Waals surface area contributed by atoms with E-state index >= 15 is 0 Å². The van der Waals surface area contributed by atoms with Gasteiger partial charge in [0.05, 0.1) is 0 Å². The van der Waals surface area contributed by atoms with Gasteiger partial charge in [-0.05, 0) is 0 Å². The maximum Gasteiger partial charge on any atom is 2.00 e. The zero-order valence-corrected chi connectivity index (χ0v) is 10.1. The normalized spacial score (nSPS) is 7.25. The van der Waals surface area contributed by atoms with Crippen LogP contribution in [0.1, 0.15) is 8.56 Å². The topological polar surface area (TPSA) is 74.6 Å². The summed E-state index contributed by atoms with van der Waals surface area (Å²) in [6.07, 6.45) is 0. The Bertz CT molecular complexity index is 111. The van der Waals surface area contributed by atoms with Crippen molar-refractivity contribution in [2.45, 2.75) is 0 Å². The van der Waals surface area contributed by atoms with Gasteiger partial charge in [-0.15, -0.1) is 0 Å². The average Bonchev–Trinajstić information content (AvgIpc) is 0.722. The SMILES string of the molecule is O=S(=O)(O)O.[Ca+2].[H-].[H-].[H-].[H-].[H-].[H-].[Mg+2].[Mg+2]. The molecule has 0 aliphatic carbocycles. The van der Waals surface area contributed by atoms with E-state index < -0.39 is 10.4 Å². The molecule has 0 rings (SSSR count). The van der Waals surface area contributed by atoms with Gasteiger partial charge in [0.2, 0.25) is 0 Å². The Morgan fingerprint density at radius 1 is 1.12 bits per heavy atom. The van der Waals surface area contributed by atoms with Gasteiger partial charge in [0, 0.05) is 0 Å². The second-order valence-electron chi connectivity index (χ2n) is 0.448. The van der Waals surface area contributed by atoms with E-state index in [0.29, 0.717) is 0 Å². The van der Waals surface area contributed by atoms with Gasteiger partial charge in [-0.2, -0.15) is 8.42 Å². The van der Waals surface area contributed by atoms with Crippen LogP contribution >= 0.6 is 0 Å². The first kappa shape index (κ1) is 22.4. The van der Waals surface area contributed by atoms with E-state index in [4.69, 9.17) is 17.5 Å². The maximum atomic E-state index is 8.74. The van der Waals surface area contributed by atoms with Gasteiger partial charge in [0.25, 0.3) is 0 Å². The van der Waals surface area contributed by atoms with Crippen LogP contribution in [0, 0.1) is 0 Å². The zero-order chi connectivity index (χ0) is 4.50. The first-order valence-electron chi connectivity index (χ1n) is 0.698. The third-order valence-electron chi connectivity index (χ3n) is 0. The number of hydrogen-bond acceptors (Lipinski definition) is 2. The van der Waals surface area contributed by atoms with Crippen molar-refractivity contribution in [1.29, 1.82) is 0 Å². The molecule has 8 heavy (non-hydrogen) atoms. The van der Waals surface area contributed by atoms with Crippen LogP contribution in [0.15, 0.2) is 0 Å². The molecule has 0 saturated carbocycles. The second-order valence-corrected chi connectivity index (χ2v) is 1.34. The molecular weight excluding hydrogens is 185 g/mol. The minimum Gasteiger partial charge on any atom is -1.00 e. The molecule has 44 valence electrons. The Balaban J connectivity index is -0.00000000222. The molecule has 0 aliphatic rings. The van der Waals surface area contributed by atoms with E-state index in [0.717, 1.165) is 0 Å². The van der Waals surface area contributed by atoms with Gasteiger partial charge in [-0.25, -0.2) is 0 Å². The molecule has 0 amide bonds. The molecule has 0 aliphatic heterocycles. The van der Waals surface area contributed by atoms with E-state index in [9.17, 15) is 0 Å². The fourth-order valence-corrected chi connectivity index (χ4v) is 0. The third-order valence-corrected chi connectivity index (χ3v) is 0. The van der Waals surface area contributed by atoms with Crippen LogP contribution < -0.4 is 0 Å². The molecule has 2 N–H and O–H groups in total. The van der Waals surface area contributed by atoms with E-state index in [1.165, 1.54) is 0 Å². The third kappa shape index (κ3) is 71.8. The quantitative estimate of drug-likeness (QED) is 0.377. The summed E-state index contributed by atoms with van der Waals surface area (Å²) in [5.74, 6) is 0. The molecule has 0 aromatic rings. The van der Waals surface area contributed by atoms with Gasteiger partial charge in [-0.1, -0.05) is 0 Å². The van der Waals surface area contributed by atoms with Crippen molar-refractivity contribution in [2.75, 3.05) is 0 Å². The molecule has 0 radical (unpaired) electrons. The Morgan fingerprint density at radius 3 is 1.12 bits per heavy atom. The first-order chi connectivity index (χ1) is 2.00. The van der Waals surface area contributed by atoms with E-state index in [-0.39, 0.29) is 92.4 Å². The Morgan fingerprint density at radius 2 is 1.12 bits per heavy atom. The molecule has 0 atom stereocenters. The number of hydrogen-bond donors (Lipinski definition) is 2. The van der Waals surface area contributed by atoms with Gasteiger partial charge in [-0.3, -0.25) is 9.11 Å². The van der Waals surface area contributed by atoms with Crippen molar-refractivity contribution in [3.8, 4) is 0 Å². The molecule has 0 spiro atoms. The van der Waals surface area contributed by atoms with Crippen LogP contribution in [0.25, 0.3) is 0 Å². The number of rotatable bonds is 0. The van der Waals surface area contributed by atoms with Crippen LogP contribution in [-0.2, 0) is 10.4 Å². The Hall–Kier alpha value is 2.66. The molecule has 8 heteroatoms. The summed E-state index contributed by atoms with van der Waals surface area (Å²) < 4.78 is 31.6. The monoisotopic (exact) mass is 192 g/mol. The van der Waals surface area contributed by atoms with Crippen molar-refractivity contribution in [1.82, 2.24) is 0 Å². The van der Waals surface area contributed by atoms with Gasteiger partial charge in [0.15, 0.2) is 0 Å². The molecule has 0 aromatic carbocycles. The summed E-state index contributed by atoms with van der Waals surface area (Å²) in [7, 11) is -4.67. The minimum atomic E-state index is -4.67. The summed E-state index contributed by atoms with van der Waals surface area (Å²) in [5, 5.41) is 0. The zero-order valence-electron chi connectivity index (χ0n) is 10.2. The molecule has 4 nitrogen and oxygen atoms in total. The summed E-state index contributed by atoms with van der Waals surface area (Å²) in [6.45, 7) is 0. The fraction of sp³-hybridized carbons (Fsp3) is 0. The summed E-state index contributed by atoms with van der Waals surface area (Å²) >= 11 is 0. The van der Waals surface area contributed by atoms with Crippen molar-refractivity contribution >= 4 is 94.2 Å². The van der Waals surface area contributed by atoms with E-state index in [1.54, 1.807) is 0 Å². The fourth-order valence-electron chi connectivity index (χ4n) is 0. The summed E-state index contributed by atoms with van der Waals surface area (Å²) in [6, 6.07) is 0. The maximum absolute atomic E-state index is 8.74. The van der Waals surface area contributed by atoms with Crippen molar-refractivity contribution in [2.24, 2.45) is 0 Å².